The number of allylic oxidation sites excluding steroid dienone is 1. The molecule has 0 N–H and O–H groups in total. The second kappa shape index (κ2) is 12.4. The fourth-order valence-corrected chi connectivity index (χ4v) is 6.98. The van der Waals surface area contributed by atoms with Crippen LogP contribution >= 0.6 is 0 Å². The highest BCUT2D eigenvalue weighted by atomic mass is 32.2. The van der Waals surface area contributed by atoms with Crippen LogP contribution in [0.15, 0.2) is 95.9 Å². The molecule has 1 aliphatic rings. The Morgan fingerprint density at radius 3 is 2.27 bits per heavy atom. The fraction of sp³-hybridized carbons (Fsp3) is 0.344. The first kappa shape index (κ1) is 26.9. The summed E-state index contributed by atoms with van der Waals surface area (Å²) in [6, 6.07) is 26.5. The molecule has 0 bridgehead atoms. The van der Waals surface area contributed by atoms with Gasteiger partial charge < -0.3 is 9.47 Å². The second-order valence-corrected chi connectivity index (χ2v) is 11.7. The van der Waals surface area contributed by atoms with Crippen molar-refractivity contribution in [2.75, 3.05) is 19.5 Å². The number of hydrogen-bond acceptors (Lipinski definition) is 4. The van der Waals surface area contributed by atoms with E-state index in [1.54, 1.807) is 7.11 Å². The quantitative estimate of drug-likeness (QED) is 0.200. The average Bonchev–Trinajstić information content (AvgIpc) is 2.95. The Morgan fingerprint density at radius 1 is 1.03 bits per heavy atom. The van der Waals surface area contributed by atoms with Gasteiger partial charge in [-0.05, 0) is 85.4 Å². The highest BCUT2D eigenvalue weighted by Gasteiger charge is 2.42. The van der Waals surface area contributed by atoms with Crippen molar-refractivity contribution in [2.45, 2.75) is 43.4 Å². The monoisotopic (exact) mass is 516 g/mol. The van der Waals surface area contributed by atoms with E-state index in [-0.39, 0.29) is 11.3 Å². The number of ether oxygens (including phenoxy) is 2. The Balaban J connectivity index is 1.56. The number of rotatable bonds is 11. The molecule has 0 saturated heterocycles. The van der Waals surface area contributed by atoms with E-state index in [0.29, 0.717) is 24.7 Å². The molecule has 1 unspecified atom stereocenters. The van der Waals surface area contributed by atoms with E-state index in [0.717, 1.165) is 47.5 Å². The lowest BCUT2D eigenvalue weighted by molar-refractivity contribution is -0.133. The number of hydrogen-bond donors (Lipinski definition) is 0. The zero-order valence-corrected chi connectivity index (χ0v) is 22.5. The van der Waals surface area contributed by atoms with E-state index in [1.165, 1.54) is 11.1 Å². The van der Waals surface area contributed by atoms with Gasteiger partial charge in [0.2, 0.25) is 0 Å². The predicted molar refractivity (Wildman–Crippen MR) is 150 cm³/mol. The highest BCUT2D eigenvalue weighted by Crippen LogP contribution is 2.51. The molecule has 4 nitrogen and oxygen atoms in total. The zero-order chi connectivity index (χ0) is 26.3. The minimum atomic E-state index is -1.09. The minimum Gasteiger partial charge on any atom is -0.497 e. The van der Waals surface area contributed by atoms with Gasteiger partial charge in [0.1, 0.15) is 5.75 Å². The molecule has 5 heteroatoms. The molecule has 3 aromatic rings. The number of carbonyl (C=O) groups excluding carboxylic acids is 1. The van der Waals surface area contributed by atoms with Crippen molar-refractivity contribution >= 4 is 17.3 Å². The molecule has 194 valence electrons. The molecule has 1 saturated carbocycles. The second-order valence-electron chi connectivity index (χ2n) is 10.2. The first-order chi connectivity index (χ1) is 17.9. The smallest absolute Gasteiger partial charge is 0.293 e. The van der Waals surface area contributed by atoms with Crippen molar-refractivity contribution in [3.05, 3.63) is 96.6 Å². The van der Waals surface area contributed by atoms with Gasteiger partial charge in [-0.2, -0.15) is 0 Å². The molecule has 0 amide bonds. The summed E-state index contributed by atoms with van der Waals surface area (Å²) in [5.74, 6) is 2.01. The van der Waals surface area contributed by atoms with E-state index in [4.69, 9.17) is 9.47 Å². The van der Waals surface area contributed by atoms with Crippen LogP contribution in [0, 0.1) is 11.3 Å². The predicted octanol–water partition coefficient (Wildman–Crippen LogP) is 7.18. The van der Waals surface area contributed by atoms with Crippen molar-refractivity contribution in [1.82, 2.24) is 0 Å². The van der Waals surface area contributed by atoms with E-state index in [1.807, 2.05) is 42.5 Å². The van der Waals surface area contributed by atoms with Crippen molar-refractivity contribution in [3.63, 3.8) is 0 Å². The van der Waals surface area contributed by atoms with Crippen LogP contribution in [-0.4, -0.2) is 30.2 Å². The Labute approximate surface area is 223 Å². The van der Waals surface area contributed by atoms with Gasteiger partial charge in [-0.1, -0.05) is 66.7 Å². The van der Waals surface area contributed by atoms with E-state index >= 15 is 0 Å². The molecule has 1 fully saturated rings. The Bertz CT molecular complexity index is 1200. The van der Waals surface area contributed by atoms with E-state index < -0.39 is 10.8 Å². The van der Waals surface area contributed by atoms with Gasteiger partial charge in [0.25, 0.3) is 6.47 Å². The van der Waals surface area contributed by atoms with Crippen LogP contribution in [0.3, 0.4) is 0 Å². The van der Waals surface area contributed by atoms with Crippen LogP contribution in [0.25, 0.3) is 11.1 Å². The molecule has 0 aliphatic heterocycles. The largest absolute Gasteiger partial charge is 0.497 e. The molecular formula is C32H36O4S. The average molecular weight is 517 g/mol. The Morgan fingerprint density at radius 2 is 1.68 bits per heavy atom. The normalized spacial score (nSPS) is 22.1. The summed E-state index contributed by atoms with van der Waals surface area (Å²) in [7, 11) is 0.585. The molecular weight excluding hydrogens is 480 g/mol. The van der Waals surface area contributed by atoms with Gasteiger partial charge >= 0.3 is 0 Å². The van der Waals surface area contributed by atoms with Crippen molar-refractivity contribution in [1.29, 1.82) is 0 Å². The fourth-order valence-electron chi connectivity index (χ4n) is 5.66. The molecule has 0 radical (unpaired) electrons. The maximum atomic E-state index is 13.0. The first-order valence-electron chi connectivity index (χ1n) is 12.8. The first-order valence-corrected chi connectivity index (χ1v) is 14.1. The zero-order valence-electron chi connectivity index (χ0n) is 21.7. The summed E-state index contributed by atoms with van der Waals surface area (Å²) in [6.07, 6.45) is 3.50. The summed E-state index contributed by atoms with van der Waals surface area (Å²) in [6.45, 7) is 7.32. The van der Waals surface area contributed by atoms with Crippen LogP contribution in [0.4, 0.5) is 0 Å². The number of carbonyl (C=O) groups is 1. The summed E-state index contributed by atoms with van der Waals surface area (Å²) in [5, 5.41) is 0. The lowest BCUT2D eigenvalue weighted by Gasteiger charge is -2.45. The Kier molecular flexibility index (Phi) is 8.99. The van der Waals surface area contributed by atoms with E-state index in [2.05, 4.69) is 49.9 Å². The van der Waals surface area contributed by atoms with Crippen molar-refractivity contribution < 1.29 is 18.5 Å². The molecule has 4 atom stereocenters. The molecule has 0 aromatic heterocycles. The molecule has 4 rings (SSSR count). The number of methoxy groups -OCH3 is 1. The third-order valence-electron chi connectivity index (χ3n) is 7.80. The Hall–Kier alpha value is -3.18. The van der Waals surface area contributed by atoms with Gasteiger partial charge in [-0.3, -0.25) is 9.00 Å². The lowest BCUT2D eigenvalue weighted by Crippen LogP contribution is -2.38. The third kappa shape index (κ3) is 6.58. The van der Waals surface area contributed by atoms with Crippen LogP contribution in [0.2, 0.25) is 0 Å². The summed E-state index contributed by atoms with van der Waals surface area (Å²) >= 11 is 0. The summed E-state index contributed by atoms with van der Waals surface area (Å²) < 4.78 is 23.7. The molecule has 0 spiro atoms. The highest BCUT2D eigenvalue weighted by molar-refractivity contribution is 7.85. The van der Waals surface area contributed by atoms with Crippen LogP contribution in [0.1, 0.15) is 44.1 Å². The van der Waals surface area contributed by atoms with Gasteiger partial charge in [-0.25, -0.2) is 0 Å². The molecule has 1 aliphatic carbocycles. The maximum absolute atomic E-state index is 13.0. The van der Waals surface area contributed by atoms with Crippen molar-refractivity contribution in [3.8, 4) is 16.9 Å². The van der Waals surface area contributed by atoms with Gasteiger partial charge in [0, 0.05) is 16.1 Å². The SMILES string of the molecule is C=C(C)[C@@H]1CC[C@](CCS(=O)c2ccccc2)(COC=O)C[C@H]1c1ccc(-c2ccc(OC)cc2)cc1. The van der Waals surface area contributed by atoms with Gasteiger partial charge in [0.15, 0.2) is 0 Å². The third-order valence-corrected chi connectivity index (χ3v) is 9.17. The van der Waals surface area contributed by atoms with Crippen LogP contribution in [-0.2, 0) is 20.3 Å². The maximum Gasteiger partial charge on any atom is 0.293 e. The van der Waals surface area contributed by atoms with Crippen LogP contribution < -0.4 is 4.74 Å². The molecule has 3 aromatic carbocycles. The standard InChI is InChI=1S/C32H36O4S/c1-24(2)30-17-18-32(22-36-23-33,19-20-37(34)29-7-5-4-6-8-29)21-31(30)27-11-9-25(10-12-27)26-13-15-28(35-3)16-14-26/h4-16,23,30-31H,1,17-22H2,2-3H3/t30-,31-,32+,37?/m0/s1. The van der Waals surface area contributed by atoms with Gasteiger partial charge in [-0.15, -0.1) is 0 Å². The number of benzene rings is 3. The van der Waals surface area contributed by atoms with Crippen molar-refractivity contribution in [2.24, 2.45) is 11.3 Å². The van der Waals surface area contributed by atoms with E-state index in [9.17, 15) is 9.00 Å². The van der Waals surface area contributed by atoms with Crippen LogP contribution in [0.5, 0.6) is 5.75 Å². The molecule has 0 heterocycles. The molecule has 37 heavy (non-hydrogen) atoms. The summed E-state index contributed by atoms with van der Waals surface area (Å²) in [5.41, 5.74) is 4.54. The minimum absolute atomic E-state index is 0.212. The topological polar surface area (TPSA) is 52.6 Å². The summed E-state index contributed by atoms with van der Waals surface area (Å²) in [4.78, 5) is 12.0. The lowest BCUT2D eigenvalue weighted by atomic mass is 9.61. The van der Waals surface area contributed by atoms with Gasteiger partial charge in [0.05, 0.1) is 24.5 Å².